The molecule has 1 saturated heterocycles. The van der Waals surface area contributed by atoms with E-state index in [1.165, 1.54) is 4.90 Å². The van der Waals surface area contributed by atoms with Gasteiger partial charge in [0, 0.05) is 0 Å². The quantitative estimate of drug-likeness (QED) is 0.592. The van der Waals surface area contributed by atoms with Crippen LogP contribution in [-0.2, 0) is 14.8 Å². The number of carbonyl (C=O) groups excluding carboxylic acids is 1. The number of unbranched alkanes of at least 4 members (excludes halogenated alkanes) is 1. The van der Waals surface area contributed by atoms with Crippen LogP contribution in [0.3, 0.4) is 0 Å². The Morgan fingerprint density at radius 2 is 1.92 bits per heavy atom. The van der Waals surface area contributed by atoms with Crippen molar-refractivity contribution in [2.75, 3.05) is 13.2 Å². The number of sulfonamides is 1. The van der Waals surface area contributed by atoms with Crippen LogP contribution < -0.4 is 0 Å². The fraction of sp³-hybridized carbons (Fsp3) is 0.444. The van der Waals surface area contributed by atoms with E-state index >= 15 is 0 Å². The molecule has 0 spiro atoms. The summed E-state index contributed by atoms with van der Waals surface area (Å²) < 4.78 is 34.7. The number of carbonyl (C=O) groups is 1. The zero-order valence-electron chi connectivity index (χ0n) is 15.1. The average Bonchev–Trinajstić information content (AvgIpc) is 2.91. The number of amidine groups is 1. The Bertz CT molecular complexity index is 802. The molecule has 0 aromatic heterocycles. The molecule has 1 aliphatic heterocycles. The minimum atomic E-state index is -3.95. The number of aryl methyl sites for hydroxylation is 3. The minimum Gasteiger partial charge on any atom is -0.447 e. The molecule has 0 radical (unpaired) electrons. The minimum absolute atomic E-state index is 0.0929. The first kappa shape index (κ1) is 19.2. The number of rotatable bonds is 5. The van der Waals surface area contributed by atoms with Crippen LogP contribution in [0.1, 0.15) is 36.5 Å². The molecular formula is C18H24N2O4S. The topological polar surface area (TPSA) is 76.0 Å². The lowest BCUT2D eigenvalue weighted by molar-refractivity contribution is 0.169. The summed E-state index contributed by atoms with van der Waals surface area (Å²) in [5.41, 5.74) is 2.27. The van der Waals surface area contributed by atoms with Gasteiger partial charge in [-0.05, 0) is 44.4 Å². The predicted molar refractivity (Wildman–Crippen MR) is 97.4 cm³/mol. The van der Waals surface area contributed by atoms with Crippen molar-refractivity contribution < 1.29 is 17.9 Å². The van der Waals surface area contributed by atoms with E-state index in [9.17, 15) is 13.2 Å². The molecule has 1 aliphatic rings. The summed E-state index contributed by atoms with van der Waals surface area (Å²) in [6, 6.07) is 3.62. The number of allylic oxidation sites excluding steroid dienone is 1. The van der Waals surface area contributed by atoms with Crippen LogP contribution in [0.15, 0.2) is 33.6 Å². The molecule has 0 aliphatic carbocycles. The third-order valence-electron chi connectivity index (χ3n) is 3.84. The van der Waals surface area contributed by atoms with Crippen LogP contribution in [0.2, 0.25) is 0 Å². The van der Waals surface area contributed by atoms with Gasteiger partial charge in [-0.2, -0.15) is 8.42 Å². The van der Waals surface area contributed by atoms with E-state index in [1.54, 1.807) is 19.9 Å². The maximum atomic E-state index is 12.9. The molecule has 1 aromatic carbocycles. The van der Waals surface area contributed by atoms with Crippen molar-refractivity contribution in [1.29, 1.82) is 0 Å². The largest absolute Gasteiger partial charge is 0.447 e. The third kappa shape index (κ3) is 4.48. The van der Waals surface area contributed by atoms with Gasteiger partial charge in [-0.1, -0.05) is 37.1 Å². The van der Waals surface area contributed by atoms with Gasteiger partial charge in [0.25, 0.3) is 10.0 Å². The molecule has 136 valence electrons. The van der Waals surface area contributed by atoms with Crippen molar-refractivity contribution in [1.82, 2.24) is 4.90 Å². The monoisotopic (exact) mass is 364 g/mol. The van der Waals surface area contributed by atoms with Gasteiger partial charge < -0.3 is 4.74 Å². The molecular weight excluding hydrogens is 340 g/mol. The zero-order chi connectivity index (χ0) is 18.6. The number of benzene rings is 1. The Morgan fingerprint density at radius 3 is 2.44 bits per heavy atom. The van der Waals surface area contributed by atoms with E-state index in [4.69, 9.17) is 4.74 Å². The third-order valence-corrected chi connectivity index (χ3v) is 5.42. The van der Waals surface area contributed by atoms with Gasteiger partial charge in [-0.3, -0.25) is 4.90 Å². The summed E-state index contributed by atoms with van der Waals surface area (Å²) in [6.07, 6.45) is 4.50. The fourth-order valence-corrected chi connectivity index (χ4v) is 4.30. The van der Waals surface area contributed by atoms with E-state index in [1.807, 2.05) is 32.1 Å². The van der Waals surface area contributed by atoms with Gasteiger partial charge in [-0.25, -0.2) is 4.79 Å². The lowest BCUT2D eigenvalue weighted by atomic mass is 10.1. The summed E-state index contributed by atoms with van der Waals surface area (Å²) in [7, 11) is -3.95. The second-order valence-corrected chi connectivity index (χ2v) is 7.65. The van der Waals surface area contributed by atoms with Crippen molar-refractivity contribution in [3.05, 3.63) is 41.0 Å². The summed E-state index contributed by atoms with van der Waals surface area (Å²) in [4.78, 5) is 13.3. The maximum Gasteiger partial charge on any atom is 0.415 e. The highest BCUT2D eigenvalue weighted by Crippen LogP contribution is 2.24. The van der Waals surface area contributed by atoms with Crippen molar-refractivity contribution in [2.45, 2.75) is 45.4 Å². The van der Waals surface area contributed by atoms with E-state index in [-0.39, 0.29) is 23.9 Å². The van der Waals surface area contributed by atoms with Gasteiger partial charge in [-0.15, -0.1) is 4.40 Å². The van der Waals surface area contributed by atoms with E-state index in [0.29, 0.717) is 11.1 Å². The Balaban J connectivity index is 2.52. The maximum absolute atomic E-state index is 12.9. The molecule has 0 N–H and O–H groups in total. The lowest BCUT2D eigenvalue weighted by Gasteiger charge is -2.14. The molecule has 0 saturated carbocycles. The zero-order valence-corrected chi connectivity index (χ0v) is 15.9. The number of hydrogen-bond acceptors (Lipinski definition) is 4. The van der Waals surface area contributed by atoms with Gasteiger partial charge in [0.1, 0.15) is 6.61 Å². The fourth-order valence-electron chi connectivity index (χ4n) is 2.87. The number of ether oxygens (including phenoxy) is 1. The van der Waals surface area contributed by atoms with E-state index in [0.717, 1.165) is 18.4 Å². The van der Waals surface area contributed by atoms with Crippen molar-refractivity contribution >= 4 is 22.0 Å². The first-order chi connectivity index (χ1) is 11.8. The van der Waals surface area contributed by atoms with Crippen LogP contribution in [-0.4, -0.2) is 38.4 Å². The first-order valence-electron chi connectivity index (χ1n) is 8.30. The van der Waals surface area contributed by atoms with Gasteiger partial charge in [0.2, 0.25) is 0 Å². The van der Waals surface area contributed by atoms with Gasteiger partial charge in [0.15, 0.2) is 5.84 Å². The summed E-state index contributed by atoms with van der Waals surface area (Å²) in [5.74, 6) is 0.0929. The first-order valence-corrected chi connectivity index (χ1v) is 9.74. The van der Waals surface area contributed by atoms with Gasteiger partial charge >= 0.3 is 6.09 Å². The van der Waals surface area contributed by atoms with Crippen LogP contribution >= 0.6 is 0 Å². The molecule has 25 heavy (non-hydrogen) atoms. The average molecular weight is 364 g/mol. The SMILES string of the molecule is CCC/C=C/C(=N/S(=O)(=O)c1c(C)cc(C)cc1C)N1CCOC1=O. The second kappa shape index (κ2) is 7.82. The standard InChI is InChI=1S/C18H24N2O4S/c1-5-6-7-8-16(20-9-10-24-18(20)21)19-25(22,23)17-14(3)11-13(2)12-15(17)4/h7-8,11-12H,5-6,9-10H2,1-4H3/b8-7+,19-16-. The van der Waals surface area contributed by atoms with Crippen LogP contribution in [0.5, 0.6) is 0 Å². The Morgan fingerprint density at radius 1 is 1.28 bits per heavy atom. The molecule has 1 heterocycles. The van der Waals surface area contributed by atoms with E-state index in [2.05, 4.69) is 4.40 Å². The molecule has 0 bridgehead atoms. The van der Waals surface area contributed by atoms with Crippen molar-refractivity contribution in [3.8, 4) is 0 Å². The summed E-state index contributed by atoms with van der Waals surface area (Å²) >= 11 is 0. The van der Waals surface area contributed by atoms with Crippen molar-refractivity contribution in [3.63, 3.8) is 0 Å². The Kier molecular flexibility index (Phi) is 6.00. The van der Waals surface area contributed by atoms with Crippen LogP contribution in [0, 0.1) is 20.8 Å². The molecule has 2 rings (SSSR count). The number of hydrogen-bond donors (Lipinski definition) is 0. The Hall–Kier alpha value is -2.15. The molecule has 7 heteroatoms. The lowest BCUT2D eigenvalue weighted by Crippen LogP contribution is -2.31. The Labute approximate surface area is 149 Å². The smallest absolute Gasteiger partial charge is 0.415 e. The molecule has 1 fully saturated rings. The van der Waals surface area contributed by atoms with Crippen LogP contribution in [0.4, 0.5) is 4.79 Å². The molecule has 1 aromatic rings. The number of amides is 1. The molecule has 0 unspecified atom stereocenters. The normalized spacial score (nSPS) is 15.9. The van der Waals surface area contributed by atoms with Crippen LogP contribution in [0.25, 0.3) is 0 Å². The number of cyclic esters (lactones) is 1. The van der Waals surface area contributed by atoms with Crippen molar-refractivity contribution in [2.24, 2.45) is 4.40 Å². The molecule has 0 atom stereocenters. The highest BCUT2D eigenvalue weighted by molar-refractivity contribution is 7.90. The highest BCUT2D eigenvalue weighted by Gasteiger charge is 2.28. The molecule has 6 nitrogen and oxygen atoms in total. The summed E-state index contributed by atoms with van der Waals surface area (Å²) in [5, 5.41) is 0. The highest BCUT2D eigenvalue weighted by atomic mass is 32.2. The summed E-state index contributed by atoms with van der Waals surface area (Å²) in [6.45, 7) is 7.94. The second-order valence-electron chi connectivity index (χ2n) is 6.11. The van der Waals surface area contributed by atoms with E-state index < -0.39 is 16.1 Å². The number of nitrogens with zero attached hydrogens (tertiary/aromatic N) is 2. The van der Waals surface area contributed by atoms with Gasteiger partial charge in [0.05, 0.1) is 11.4 Å². The molecule has 1 amide bonds. The predicted octanol–water partition coefficient (Wildman–Crippen LogP) is 3.51.